The van der Waals surface area contributed by atoms with E-state index < -0.39 is 0 Å². The molecule has 0 saturated carbocycles. The highest BCUT2D eigenvalue weighted by Crippen LogP contribution is 2.32. The van der Waals surface area contributed by atoms with Crippen LogP contribution in [-0.4, -0.2) is 34.8 Å². The van der Waals surface area contributed by atoms with Crippen molar-refractivity contribution < 1.29 is 19.4 Å². The topological polar surface area (TPSA) is 73.6 Å². The van der Waals surface area contributed by atoms with E-state index in [2.05, 4.69) is 0 Å². The van der Waals surface area contributed by atoms with Crippen molar-refractivity contribution in [3.8, 4) is 33.9 Å². The summed E-state index contributed by atoms with van der Waals surface area (Å²) in [5, 5.41) is 10.7. The number of carbonyl (C=O) groups excluding carboxylic acids is 1. The highest BCUT2D eigenvalue weighted by atomic mass is 35.5. The fourth-order valence-corrected chi connectivity index (χ4v) is 4.95. The number of phenols is 1. The van der Waals surface area contributed by atoms with Gasteiger partial charge >= 0.3 is 5.97 Å². The third-order valence-corrected chi connectivity index (χ3v) is 7.13. The molecule has 0 radical (unpaired) electrons. The van der Waals surface area contributed by atoms with E-state index in [4.69, 9.17) is 37.7 Å². The molecule has 0 spiro atoms. The summed E-state index contributed by atoms with van der Waals surface area (Å²) in [6.07, 6.45) is 5.82. The average Bonchev–Trinajstić information content (AvgIpc) is 3.38. The Morgan fingerprint density at radius 2 is 1.63 bits per heavy atom. The van der Waals surface area contributed by atoms with E-state index in [9.17, 15) is 9.90 Å². The van der Waals surface area contributed by atoms with Crippen molar-refractivity contribution in [1.29, 1.82) is 0 Å². The van der Waals surface area contributed by atoms with Crippen LogP contribution in [0.1, 0.15) is 27.3 Å². The molecule has 4 aromatic carbocycles. The van der Waals surface area contributed by atoms with Crippen molar-refractivity contribution >= 4 is 41.3 Å². The monoisotopic (exact) mass is 584 g/mol. The summed E-state index contributed by atoms with van der Waals surface area (Å²) in [6, 6.07) is 25.5. The van der Waals surface area contributed by atoms with Gasteiger partial charge in [-0.3, -0.25) is 0 Å². The fourth-order valence-electron chi connectivity index (χ4n) is 4.44. The van der Waals surface area contributed by atoms with Gasteiger partial charge in [0, 0.05) is 28.9 Å². The van der Waals surface area contributed by atoms with Crippen LogP contribution < -0.4 is 4.74 Å². The van der Waals surface area contributed by atoms with Crippen LogP contribution in [0.25, 0.3) is 34.5 Å². The molecule has 0 aliphatic carbocycles. The number of phenolic OH excluding ortho intramolecular Hbond substituents is 1. The Hall–Kier alpha value is -4.52. The first-order valence-corrected chi connectivity index (χ1v) is 13.5. The lowest BCUT2D eigenvalue weighted by atomic mass is 10.0. The first kappa shape index (κ1) is 28.0. The minimum absolute atomic E-state index is 0.214. The van der Waals surface area contributed by atoms with Crippen molar-refractivity contribution in [2.75, 3.05) is 14.2 Å². The van der Waals surface area contributed by atoms with Gasteiger partial charge in [-0.1, -0.05) is 53.5 Å². The highest BCUT2D eigenvalue weighted by Gasteiger charge is 2.13. The Morgan fingerprint density at radius 3 is 2.32 bits per heavy atom. The maximum absolute atomic E-state index is 11.9. The molecule has 0 amide bonds. The lowest BCUT2D eigenvalue weighted by Gasteiger charge is -2.09. The van der Waals surface area contributed by atoms with Gasteiger partial charge in [-0.25, -0.2) is 9.78 Å². The second kappa shape index (κ2) is 12.3. The van der Waals surface area contributed by atoms with Crippen molar-refractivity contribution in [2.45, 2.75) is 6.54 Å². The number of benzene rings is 4. The number of hydrogen-bond acceptors (Lipinski definition) is 5. The van der Waals surface area contributed by atoms with E-state index in [0.29, 0.717) is 39.4 Å². The lowest BCUT2D eigenvalue weighted by molar-refractivity contribution is 0.0600. The van der Waals surface area contributed by atoms with Crippen molar-refractivity contribution in [3.63, 3.8) is 0 Å². The number of aromatic hydroxyl groups is 1. The van der Waals surface area contributed by atoms with Crippen LogP contribution in [0.15, 0.2) is 91.1 Å². The largest absolute Gasteiger partial charge is 0.508 e. The zero-order chi connectivity index (χ0) is 28.9. The van der Waals surface area contributed by atoms with Crippen LogP contribution in [0.3, 0.4) is 0 Å². The summed E-state index contributed by atoms with van der Waals surface area (Å²) < 4.78 is 12.5. The third-order valence-electron chi connectivity index (χ3n) is 6.58. The Kier molecular flexibility index (Phi) is 8.43. The van der Waals surface area contributed by atoms with Crippen molar-refractivity contribution in [1.82, 2.24) is 9.55 Å². The average molecular weight is 585 g/mol. The summed E-state index contributed by atoms with van der Waals surface area (Å²) in [5.74, 6) is 1.23. The van der Waals surface area contributed by atoms with E-state index in [1.165, 1.54) is 7.11 Å². The first-order chi connectivity index (χ1) is 19.8. The Labute approximate surface area is 248 Å². The van der Waals surface area contributed by atoms with Crippen LogP contribution in [-0.2, 0) is 11.3 Å². The van der Waals surface area contributed by atoms with Gasteiger partial charge < -0.3 is 19.1 Å². The normalized spacial score (nSPS) is 11.1. The van der Waals surface area contributed by atoms with E-state index in [0.717, 1.165) is 27.8 Å². The summed E-state index contributed by atoms with van der Waals surface area (Å²) in [4.78, 5) is 16.8. The van der Waals surface area contributed by atoms with Gasteiger partial charge in [-0.2, -0.15) is 0 Å². The van der Waals surface area contributed by atoms with E-state index in [-0.39, 0.29) is 11.7 Å². The number of hydrogen-bond donors (Lipinski definition) is 1. The van der Waals surface area contributed by atoms with Crippen LogP contribution >= 0.6 is 23.2 Å². The number of halogens is 2. The molecule has 0 fully saturated rings. The fraction of sp³-hybridized carbons (Fsp3) is 0.0909. The Morgan fingerprint density at radius 1 is 0.902 bits per heavy atom. The summed E-state index contributed by atoms with van der Waals surface area (Å²) in [6.45, 7) is 0.504. The zero-order valence-electron chi connectivity index (χ0n) is 22.3. The summed E-state index contributed by atoms with van der Waals surface area (Å²) in [5.41, 5.74) is 5.73. The quantitative estimate of drug-likeness (QED) is 0.186. The number of methoxy groups -OCH3 is 2. The second-order valence-electron chi connectivity index (χ2n) is 9.26. The van der Waals surface area contributed by atoms with Crippen LogP contribution in [0.2, 0.25) is 10.0 Å². The molecular formula is C33H26Cl2N2O4. The van der Waals surface area contributed by atoms with E-state index in [1.807, 2.05) is 71.4 Å². The number of esters is 1. The Balaban J connectivity index is 1.53. The predicted molar refractivity (Wildman–Crippen MR) is 164 cm³/mol. The number of nitrogens with zero attached hydrogens (tertiary/aromatic N) is 2. The second-order valence-corrected chi connectivity index (χ2v) is 10.1. The van der Waals surface area contributed by atoms with Gasteiger partial charge in [-0.15, -0.1) is 0 Å². The molecule has 1 heterocycles. The first-order valence-electron chi connectivity index (χ1n) is 12.7. The maximum Gasteiger partial charge on any atom is 0.337 e. The van der Waals surface area contributed by atoms with Crippen molar-refractivity contribution in [3.05, 3.63) is 124 Å². The molecule has 5 aromatic rings. The minimum Gasteiger partial charge on any atom is -0.508 e. The predicted octanol–water partition coefficient (Wildman–Crippen LogP) is 8.24. The Bertz CT molecular complexity index is 1730. The molecular weight excluding hydrogens is 559 g/mol. The summed E-state index contributed by atoms with van der Waals surface area (Å²) >= 11 is 12.6. The molecule has 8 heteroatoms. The van der Waals surface area contributed by atoms with E-state index in [1.54, 1.807) is 43.5 Å². The summed E-state index contributed by atoms with van der Waals surface area (Å²) in [7, 11) is 2.99. The zero-order valence-corrected chi connectivity index (χ0v) is 23.9. The number of aromatic nitrogens is 2. The molecule has 0 bridgehead atoms. The molecule has 5 rings (SSSR count). The van der Waals surface area contributed by atoms with Gasteiger partial charge in [0.2, 0.25) is 0 Å². The lowest BCUT2D eigenvalue weighted by Crippen LogP contribution is -2.03. The van der Waals surface area contributed by atoms with Gasteiger partial charge in [0.05, 0.1) is 30.5 Å². The number of rotatable bonds is 8. The van der Waals surface area contributed by atoms with Crippen LogP contribution in [0.4, 0.5) is 0 Å². The molecule has 0 aliphatic rings. The van der Waals surface area contributed by atoms with Crippen LogP contribution in [0.5, 0.6) is 11.5 Å². The molecule has 0 saturated heterocycles. The van der Waals surface area contributed by atoms with Gasteiger partial charge in [0.25, 0.3) is 0 Å². The molecule has 0 atom stereocenters. The van der Waals surface area contributed by atoms with E-state index >= 15 is 0 Å². The molecule has 1 aromatic heterocycles. The van der Waals surface area contributed by atoms with Gasteiger partial charge in [-0.05, 0) is 83.4 Å². The molecule has 6 nitrogen and oxygen atoms in total. The van der Waals surface area contributed by atoms with Gasteiger partial charge in [0.15, 0.2) is 0 Å². The molecule has 41 heavy (non-hydrogen) atoms. The number of carbonyl (C=O) groups is 1. The molecule has 0 unspecified atom stereocenters. The smallest absolute Gasteiger partial charge is 0.337 e. The van der Waals surface area contributed by atoms with Crippen molar-refractivity contribution in [2.24, 2.45) is 0 Å². The third kappa shape index (κ3) is 6.46. The molecule has 0 aliphatic heterocycles. The minimum atomic E-state index is -0.383. The van der Waals surface area contributed by atoms with Gasteiger partial charge in [0.1, 0.15) is 17.3 Å². The molecule has 1 N–H and O–H groups in total. The maximum atomic E-state index is 11.9. The standard InChI is InChI=1S/C33H26Cl2N2O4/c1-40-31-15-9-24(22-7-12-27(38)13-8-22)17-25(31)10-16-32-36-30(28-14-11-26(34)18-29(28)35)20-37(32)19-21-3-5-23(6-4-21)33(39)41-2/h3-18,20,38H,19H2,1-2H3. The highest BCUT2D eigenvalue weighted by molar-refractivity contribution is 6.36. The molecule has 206 valence electrons. The van der Waals surface area contributed by atoms with Crippen LogP contribution in [0, 0.1) is 0 Å². The number of ether oxygens (including phenoxy) is 2. The number of imidazole rings is 1. The SMILES string of the molecule is COC(=O)c1ccc(Cn2cc(-c3ccc(Cl)cc3Cl)nc2C=Cc2cc(-c3ccc(O)cc3)ccc2OC)cc1.